The third-order valence-electron chi connectivity index (χ3n) is 5.77. The van der Waals surface area contributed by atoms with Gasteiger partial charge in [-0.25, -0.2) is 0 Å². The van der Waals surface area contributed by atoms with E-state index in [4.69, 9.17) is 9.47 Å². The van der Waals surface area contributed by atoms with Crippen molar-refractivity contribution in [3.63, 3.8) is 0 Å². The molecule has 2 fully saturated rings. The van der Waals surface area contributed by atoms with E-state index in [9.17, 15) is 5.11 Å². The number of hydrogen-bond acceptors (Lipinski definition) is 3. The van der Waals surface area contributed by atoms with E-state index < -0.39 is 0 Å². The van der Waals surface area contributed by atoms with Crippen molar-refractivity contribution in [1.82, 2.24) is 0 Å². The number of ether oxygens (including phenoxy) is 2. The first-order valence-electron chi connectivity index (χ1n) is 9.68. The Morgan fingerprint density at radius 3 is 2.56 bits per heavy atom. The van der Waals surface area contributed by atoms with E-state index in [1.54, 1.807) is 0 Å². The summed E-state index contributed by atoms with van der Waals surface area (Å²) in [5.41, 5.74) is 0.0198. The molecule has 0 aromatic heterocycles. The number of aliphatic hydroxyl groups excluding tert-OH is 1. The van der Waals surface area contributed by atoms with Crippen LogP contribution in [-0.4, -0.2) is 30.5 Å². The van der Waals surface area contributed by atoms with Crippen molar-refractivity contribution in [2.45, 2.75) is 58.2 Å². The molecule has 2 aliphatic rings. The van der Waals surface area contributed by atoms with Crippen molar-refractivity contribution >= 4 is 0 Å². The van der Waals surface area contributed by atoms with Gasteiger partial charge in [0.2, 0.25) is 0 Å². The zero-order valence-corrected chi connectivity index (χ0v) is 15.6. The van der Waals surface area contributed by atoms with Crippen molar-refractivity contribution in [3.8, 4) is 5.75 Å². The highest BCUT2D eigenvalue weighted by molar-refractivity contribution is 5.21. The molecule has 3 heteroatoms. The van der Waals surface area contributed by atoms with E-state index in [2.05, 4.69) is 26.0 Å². The number of fused-ring (bicyclic) bond motifs is 2. The van der Waals surface area contributed by atoms with Crippen LogP contribution in [0.15, 0.2) is 42.5 Å². The number of benzene rings is 1. The molecule has 0 unspecified atom stereocenters. The monoisotopic (exact) mass is 344 g/mol. The molecule has 0 radical (unpaired) electrons. The summed E-state index contributed by atoms with van der Waals surface area (Å²) in [4.78, 5) is 0. The molecule has 0 saturated carbocycles. The highest BCUT2D eigenvalue weighted by atomic mass is 16.5. The van der Waals surface area contributed by atoms with Gasteiger partial charge in [0.05, 0.1) is 18.8 Å². The fourth-order valence-electron chi connectivity index (χ4n) is 4.06. The molecule has 0 spiro atoms. The van der Waals surface area contributed by atoms with Crippen LogP contribution in [0.4, 0.5) is 0 Å². The summed E-state index contributed by atoms with van der Waals surface area (Å²) in [6.45, 7) is 5.23. The van der Waals surface area contributed by atoms with Gasteiger partial charge in [0, 0.05) is 12.5 Å². The van der Waals surface area contributed by atoms with E-state index in [0.29, 0.717) is 24.0 Å². The smallest absolute Gasteiger partial charge is 0.119 e. The van der Waals surface area contributed by atoms with Gasteiger partial charge in [-0.3, -0.25) is 0 Å². The Kier molecular flexibility index (Phi) is 6.19. The van der Waals surface area contributed by atoms with Crippen LogP contribution in [0, 0.1) is 17.3 Å². The molecule has 1 aromatic carbocycles. The molecule has 2 saturated heterocycles. The fourth-order valence-corrected chi connectivity index (χ4v) is 4.06. The molecule has 1 aromatic rings. The molecule has 4 atom stereocenters. The van der Waals surface area contributed by atoms with Crippen LogP contribution >= 0.6 is 0 Å². The molecule has 25 heavy (non-hydrogen) atoms. The van der Waals surface area contributed by atoms with E-state index in [1.165, 1.54) is 12.8 Å². The van der Waals surface area contributed by atoms with Crippen LogP contribution in [0.25, 0.3) is 0 Å². The van der Waals surface area contributed by atoms with Crippen LogP contribution in [0.5, 0.6) is 5.75 Å². The van der Waals surface area contributed by atoms with Crippen LogP contribution in [0.3, 0.4) is 0 Å². The normalized spacial score (nSPS) is 28.8. The maximum absolute atomic E-state index is 9.33. The maximum Gasteiger partial charge on any atom is 0.119 e. The van der Waals surface area contributed by atoms with Crippen LogP contribution in [-0.2, 0) is 4.74 Å². The van der Waals surface area contributed by atoms with Crippen molar-refractivity contribution in [2.75, 3.05) is 13.2 Å². The second-order valence-corrected chi connectivity index (χ2v) is 8.31. The van der Waals surface area contributed by atoms with E-state index in [1.807, 2.05) is 30.3 Å². The predicted octanol–water partition coefficient (Wildman–Crippen LogP) is 4.60. The summed E-state index contributed by atoms with van der Waals surface area (Å²) in [5.74, 6) is 2.02. The average molecular weight is 344 g/mol. The van der Waals surface area contributed by atoms with Crippen LogP contribution in [0.1, 0.15) is 46.0 Å². The topological polar surface area (TPSA) is 38.7 Å². The van der Waals surface area contributed by atoms with Gasteiger partial charge in [-0.15, -0.1) is 0 Å². The predicted molar refractivity (Wildman–Crippen MR) is 101 cm³/mol. The first kappa shape index (κ1) is 18.5. The number of para-hydroxylation sites is 1. The summed E-state index contributed by atoms with van der Waals surface area (Å²) in [7, 11) is 0. The minimum Gasteiger partial charge on any atom is -0.493 e. The van der Waals surface area contributed by atoms with Gasteiger partial charge in [-0.05, 0) is 55.6 Å². The van der Waals surface area contributed by atoms with Gasteiger partial charge >= 0.3 is 0 Å². The van der Waals surface area contributed by atoms with Crippen molar-refractivity contribution in [1.29, 1.82) is 0 Å². The summed E-state index contributed by atoms with van der Waals surface area (Å²) < 4.78 is 12.2. The largest absolute Gasteiger partial charge is 0.493 e. The Hall–Kier alpha value is -1.32. The van der Waals surface area contributed by atoms with E-state index >= 15 is 0 Å². The third-order valence-corrected chi connectivity index (χ3v) is 5.77. The van der Waals surface area contributed by atoms with Gasteiger partial charge in [-0.1, -0.05) is 44.2 Å². The standard InChI is InChI=1S/C22H32O3/c1-22(2,16-23)14-8-4-7-11-18-19(21-13-12-20(18)25-21)15-24-17-9-5-3-6-10-17/h3-7,9-10,18-21,23H,8,11-16H2,1-2H3/t18-,19+,20-,21+/m0/s1. The number of rotatable bonds is 9. The first-order valence-corrected chi connectivity index (χ1v) is 9.68. The SMILES string of the molecule is CC(C)(CO)CCC=CC[C@H]1[C@@H](COc2ccccc2)[C@H]2CC[C@@H]1O2. The Balaban J connectivity index is 1.49. The van der Waals surface area contributed by atoms with E-state index in [0.717, 1.165) is 31.6 Å². The highest BCUT2D eigenvalue weighted by Gasteiger charge is 2.48. The van der Waals surface area contributed by atoms with Gasteiger partial charge < -0.3 is 14.6 Å². The molecule has 2 bridgehead atoms. The minimum absolute atomic E-state index is 0.0198. The lowest BCUT2D eigenvalue weighted by atomic mass is 9.78. The Labute approximate surface area is 152 Å². The van der Waals surface area contributed by atoms with Gasteiger partial charge in [-0.2, -0.15) is 0 Å². The molecule has 2 aliphatic heterocycles. The van der Waals surface area contributed by atoms with Crippen molar-refractivity contribution in [2.24, 2.45) is 17.3 Å². The third kappa shape index (κ3) is 4.86. The second-order valence-electron chi connectivity index (χ2n) is 8.31. The van der Waals surface area contributed by atoms with Crippen molar-refractivity contribution < 1.29 is 14.6 Å². The fraction of sp³-hybridized carbons (Fsp3) is 0.636. The molecule has 0 amide bonds. The molecular formula is C22H32O3. The Bertz CT molecular complexity index is 552. The average Bonchev–Trinajstić information content (AvgIpc) is 3.22. The summed E-state index contributed by atoms with van der Waals surface area (Å²) >= 11 is 0. The van der Waals surface area contributed by atoms with Gasteiger partial charge in [0.25, 0.3) is 0 Å². The molecule has 3 rings (SSSR count). The lowest BCUT2D eigenvalue weighted by Gasteiger charge is -2.27. The lowest BCUT2D eigenvalue weighted by molar-refractivity contribution is 0.0810. The molecule has 138 valence electrons. The first-order chi connectivity index (χ1) is 12.1. The second kappa shape index (κ2) is 8.37. The Morgan fingerprint density at radius 2 is 1.84 bits per heavy atom. The quantitative estimate of drug-likeness (QED) is 0.665. The molecule has 1 N–H and O–H groups in total. The van der Waals surface area contributed by atoms with Gasteiger partial charge in [0.15, 0.2) is 0 Å². The molecular weight excluding hydrogens is 312 g/mol. The summed E-state index contributed by atoms with van der Waals surface area (Å²) in [5, 5.41) is 9.33. The molecule has 2 heterocycles. The van der Waals surface area contributed by atoms with Crippen LogP contribution < -0.4 is 4.74 Å². The number of aliphatic hydroxyl groups is 1. The lowest BCUT2D eigenvalue weighted by Crippen LogP contribution is -2.31. The Morgan fingerprint density at radius 1 is 1.12 bits per heavy atom. The number of allylic oxidation sites excluding steroid dienone is 2. The number of hydrogen-bond donors (Lipinski definition) is 1. The van der Waals surface area contributed by atoms with Crippen LogP contribution in [0.2, 0.25) is 0 Å². The summed E-state index contributed by atoms with van der Waals surface area (Å²) in [6, 6.07) is 10.1. The van der Waals surface area contributed by atoms with Gasteiger partial charge in [0.1, 0.15) is 5.75 Å². The zero-order chi connectivity index (χ0) is 17.7. The highest BCUT2D eigenvalue weighted by Crippen LogP contribution is 2.45. The summed E-state index contributed by atoms with van der Waals surface area (Å²) in [6.07, 6.45) is 10.9. The van der Waals surface area contributed by atoms with E-state index in [-0.39, 0.29) is 12.0 Å². The van der Waals surface area contributed by atoms with Crippen molar-refractivity contribution in [3.05, 3.63) is 42.5 Å². The minimum atomic E-state index is 0.0198. The zero-order valence-electron chi connectivity index (χ0n) is 15.6. The molecule has 3 nitrogen and oxygen atoms in total. The molecule has 0 aliphatic carbocycles. The maximum atomic E-state index is 9.33.